The van der Waals surface area contributed by atoms with E-state index in [1.54, 1.807) is 6.92 Å². The van der Waals surface area contributed by atoms with Gasteiger partial charge in [0.15, 0.2) is 11.4 Å². The number of esters is 1. The number of ether oxygens (including phenoxy) is 1. The van der Waals surface area contributed by atoms with E-state index in [1.165, 1.54) is 18.1 Å². The molecule has 4 heteroatoms. The summed E-state index contributed by atoms with van der Waals surface area (Å²) in [5, 5.41) is 10.3. The van der Waals surface area contributed by atoms with Crippen molar-refractivity contribution in [1.82, 2.24) is 0 Å². The minimum absolute atomic E-state index is 0.0862. The summed E-state index contributed by atoms with van der Waals surface area (Å²) in [7, 11) is 0. The summed E-state index contributed by atoms with van der Waals surface area (Å²) in [5.41, 5.74) is 2.25. The van der Waals surface area contributed by atoms with Gasteiger partial charge in [-0.2, -0.15) is 0 Å². The van der Waals surface area contributed by atoms with Crippen LogP contribution in [0, 0.1) is 28.6 Å². The van der Waals surface area contributed by atoms with Gasteiger partial charge in [0.2, 0.25) is 0 Å². The molecule has 0 radical (unpaired) electrons. The number of Topliss-reactive ketones (excluding diaryl/α,β-unsaturated/α-hetero) is 1. The number of hydrogen-bond donors (Lipinski definition) is 1. The molecule has 0 aliphatic heterocycles. The van der Waals surface area contributed by atoms with E-state index >= 15 is 0 Å². The Kier molecular flexibility index (Phi) is 4.70. The standard InChI is InChI=1S/C25H36O4/c1-14-11-19-20(23(5)9-7-18(28)13-21(14)23)8-10-24(6)22(19)12-15(2)25(24,16(3)26)29-17(4)27/h18-20,22,28H,2,7-13H2,1,3-6H3/t18-,19+,20-,22-,23+,24-,25-/m0/s1. The van der Waals surface area contributed by atoms with Crippen molar-refractivity contribution >= 4 is 11.8 Å². The highest BCUT2D eigenvalue weighted by molar-refractivity contribution is 5.92. The molecule has 4 aliphatic carbocycles. The molecular formula is C25H36O4. The smallest absolute Gasteiger partial charge is 0.303 e. The lowest BCUT2D eigenvalue weighted by Gasteiger charge is -2.59. The second-order valence-electron chi connectivity index (χ2n) is 10.7. The second-order valence-corrected chi connectivity index (χ2v) is 10.7. The van der Waals surface area contributed by atoms with Crippen LogP contribution in [0.4, 0.5) is 0 Å². The lowest BCUT2D eigenvalue weighted by molar-refractivity contribution is -0.181. The first-order chi connectivity index (χ1) is 13.5. The molecular weight excluding hydrogens is 364 g/mol. The highest BCUT2D eigenvalue weighted by Gasteiger charge is 2.69. The Balaban J connectivity index is 1.78. The summed E-state index contributed by atoms with van der Waals surface area (Å²) in [4.78, 5) is 25.0. The van der Waals surface area contributed by atoms with Gasteiger partial charge in [-0.3, -0.25) is 9.59 Å². The van der Waals surface area contributed by atoms with Crippen molar-refractivity contribution in [3.05, 3.63) is 23.3 Å². The average molecular weight is 401 g/mol. The minimum Gasteiger partial charge on any atom is -0.446 e. The zero-order valence-electron chi connectivity index (χ0n) is 18.6. The third-order valence-electron chi connectivity index (χ3n) is 9.39. The number of ketones is 1. The van der Waals surface area contributed by atoms with E-state index in [1.807, 2.05) is 0 Å². The SMILES string of the molecule is C=C1C[C@H]2[C@@H]3CC(C)=C4C[C@@H](O)CC[C@]4(C)[C@H]3CC[C@]2(C)[C@@]1(OC(C)=O)C(C)=O. The van der Waals surface area contributed by atoms with Crippen LogP contribution >= 0.6 is 0 Å². The molecule has 0 aromatic rings. The predicted molar refractivity (Wildman–Crippen MR) is 112 cm³/mol. The number of aliphatic hydroxyl groups excluding tert-OH is 1. The largest absolute Gasteiger partial charge is 0.446 e. The molecule has 160 valence electrons. The molecule has 0 aromatic heterocycles. The van der Waals surface area contributed by atoms with Crippen LogP contribution in [0.2, 0.25) is 0 Å². The topological polar surface area (TPSA) is 63.6 Å². The molecule has 0 spiro atoms. The number of rotatable bonds is 2. The van der Waals surface area contributed by atoms with Gasteiger partial charge in [0.25, 0.3) is 0 Å². The summed E-state index contributed by atoms with van der Waals surface area (Å²) in [6.45, 7) is 14.0. The highest BCUT2D eigenvalue weighted by atomic mass is 16.6. The number of fused-ring (bicyclic) bond motifs is 5. The van der Waals surface area contributed by atoms with Gasteiger partial charge in [0.05, 0.1) is 6.10 Å². The average Bonchev–Trinajstić information content (AvgIpc) is 2.85. The van der Waals surface area contributed by atoms with E-state index in [0.717, 1.165) is 50.5 Å². The summed E-state index contributed by atoms with van der Waals surface area (Å²) in [5.74, 6) is 0.820. The normalized spacial score (nSPS) is 46.6. The number of hydrogen-bond acceptors (Lipinski definition) is 4. The number of carbonyl (C=O) groups is 2. The maximum atomic E-state index is 13.0. The Morgan fingerprint density at radius 3 is 2.38 bits per heavy atom. The van der Waals surface area contributed by atoms with Gasteiger partial charge >= 0.3 is 5.97 Å². The molecule has 0 bridgehead atoms. The van der Waals surface area contributed by atoms with E-state index in [2.05, 4.69) is 27.4 Å². The predicted octanol–water partition coefficient (Wildman–Crippen LogP) is 4.76. The Morgan fingerprint density at radius 2 is 1.76 bits per heavy atom. The first-order valence-electron chi connectivity index (χ1n) is 11.2. The van der Waals surface area contributed by atoms with Crippen molar-refractivity contribution in [2.45, 2.75) is 91.3 Å². The van der Waals surface area contributed by atoms with E-state index in [4.69, 9.17) is 4.74 Å². The van der Waals surface area contributed by atoms with E-state index in [9.17, 15) is 14.7 Å². The van der Waals surface area contributed by atoms with Crippen LogP contribution in [0.3, 0.4) is 0 Å². The van der Waals surface area contributed by atoms with Crippen LogP contribution in [0.5, 0.6) is 0 Å². The third kappa shape index (κ3) is 2.60. The van der Waals surface area contributed by atoms with Crippen LogP contribution in [-0.4, -0.2) is 28.6 Å². The molecule has 0 saturated heterocycles. The van der Waals surface area contributed by atoms with Crippen molar-refractivity contribution in [2.75, 3.05) is 0 Å². The molecule has 7 atom stereocenters. The van der Waals surface area contributed by atoms with Crippen molar-refractivity contribution < 1.29 is 19.4 Å². The molecule has 0 amide bonds. The second kappa shape index (κ2) is 6.54. The van der Waals surface area contributed by atoms with Gasteiger partial charge in [-0.25, -0.2) is 0 Å². The van der Waals surface area contributed by atoms with Crippen molar-refractivity contribution in [1.29, 1.82) is 0 Å². The number of aliphatic hydroxyl groups is 1. The van der Waals surface area contributed by atoms with Gasteiger partial charge in [-0.15, -0.1) is 0 Å². The van der Waals surface area contributed by atoms with Crippen molar-refractivity contribution in [3.8, 4) is 0 Å². The van der Waals surface area contributed by atoms with Crippen LogP contribution < -0.4 is 0 Å². The summed E-state index contributed by atoms with van der Waals surface area (Å²) >= 11 is 0. The van der Waals surface area contributed by atoms with Gasteiger partial charge in [-0.05, 0) is 87.5 Å². The third-order valence-corrected chi connectivity index (χ3v) is 9.39. The Hall–Kier alpha value is -1.42. The number of allylic oxidation sites excluding steroid dienone is 1. The molecule has 3 fully saturated rings. The maximum absolute atomic E-state index is 13.0. The first kappa shape index (κ1) is 20.8. The monoisotopic (exact) mass is 400 g/mol. The van der Waals surface area contributed by atoms with Crippen LogP contribution in [-0.2, 0) is 14.3 Å². The minimum atomic E-state index is -1.18. The summed E-state index contributed by atoms with van der Waals surface area (Å²) in [6.07, 6.45) is 6.18. The van der Waals surface area contributed by atoms with Crippen LogP contribution in [0.25, 0.3) is 0 Å². The number of carbonyl (C=O) groups excluding carboxylic acids is 2. The summed E-state index contributed by atoms with van der Waals surface area (Å²) in [6, 6.07) is 0. The van der Waals surface area contributed by atoms with E-state index < -0.39 is 17.0 Å². The zero-order valence-corrected chi connectivity index (χ0v) is 18.6. The van der Waals surface area contributed by atoms with E-state index in [-0.39, 0.29) is 23.2 Å². The Labute approximate surface area is 174 Å². The molecule has 4 rings (SSSR count). The Bertz CT molecular complexity index is 810. The van der Waals surface area contributed by atoms with E-state index in [0.29, 0.717) is 11.8 Å². The van der Waals surface area contributed by atoms with Crippen LogP contribution in [0.15, 0.2) is 23.3 Å². The first-order valence-corrected chi connectivity index (χ1v) is 11.2. The van der Waals surface area contributed by atoms with Gasteiger partial charge in [0, 0.05) is 12.3 Å². The van der Waals surface area contributed by atoms with Gasteiger partial charge in [-0.1, -0.05) is 31.6 Å². The fraction of sp³-hybridized carbons (Fsp3) is 0.760. The molecule has 29 heavy (non-hydrogen) atoms. The fourth-order valence-corrected chi connectivity index (χ4v) is 8.17. The molecule has 0 heterocycles. The molecule has 1 N–H and O–H groups in total. The van der Waals surface area contributed by atoms with Crippen molar-refractivity contribution in [2.24, 2.45) is 28.6 Å². The van der Waals surface area contributed by atoms with Crippen LogP contribution in [0.1, 0.15) is 79.6 Å². The molecule has 0 unspecified atom stereocenters. The highest BCUT2D eigenvalue weighted by Crippen LogP contribution is 2.69. The van der Waals surface area contributed by atoms with Gasteiger partial charge < -0.3 is 9.84 Å². The lowest BCUT2D eigenvalue weighted by atomic mass is 9.45. The summed E-state index contributed by atoms with van der Waals surface area (Å²) < 4.78 is 5.86. The maximum Gasteiger partial charge on any atom is 0.303 e. The van der Waals surface area contributed by atoms with Crippen molar-refractivity contribution in [3.63, 3.8) is 0 Å². The molecule has 3 saturated carbocycles. The molecule has 4 nitrogen and oxygen atoms in total. The fourth-order valence-electron chi connectivity index (χ4n) is 8.17. The Morgan fingerprint density at radius 1 is 1.07 bits per heavy atom. The molecule has 4 aliphatic rings. The lowest BCUT2D eigenvalue weighted by Crippen LogP contribution is -2.59. The zero-order chi connectivity index (χ0) is 21.4. The van der Waals surface area contributed by atoms with Gasteiger partial charge in [0.1, 0.15) is 0 Å². The quantitative estimate of drug-likeness (QED) is 0.536. The molecule has 0 aromatic carbocycles.